The number of nitrogens with one attached hydrogen (secondary N) is 3. The van der Waals surface area contributed by atoms with E-state index in [4.69, 9.17) is 29.4 Å². The van der Waals surface area contributed by atoms with Crippen LogP contribution in [0.2, 0.25) is 0 Å². The van der Waals surface area contributed by atoms with Crippen LogP contribution in [0.15, 0.2) is 105 Å². The fraction of sp³-hybridized carbons (Fsp3) is 0.186. The number of nitriles is 1. The predicted molar refractivity (Wildman–Crippen MR) is 220 cm³/mol. The molecular weight excluding hydrogens is 761 g/mol. The van der Waals surface area contributed by atoms with Gasteiger partial charge in [-0.25, -0.2) is 4.79 Å². The van der Waals surface area contributed by atoms with Gasteiger partial charge in [0.1, 0.15) is 31.1 Å². The van der Waals surface area contributed by atoms with Gasteiger partial charge in [-0.15, -0.1) is 0 Å². The summed E-state index contributed by atoms with van der Waals surface area (Å²) >= 11 is 0. The highest BCUT2D eigenvalue weighted by Gasteiger charge is 2.27. The predicted octanol–water partition coefficient (Wildman–Crippen LogP) is 6.40. The Bertz CT molecular complexity index is 2270. The monoisotopic (exact) mass is 802 g/mol. The van der Waals surface area contributed by atoms with Crippen molar-refractivity contribution >= 4 is 52.2 Å². The van der Waals surface area contributed by atoms with E-state index in [0.29, 0.717) is 11.4 Å². The van der Waals surface area contributed by atoms with Crippen molar-refractivity contribution in [3.8, 4) is 29.1 Å². The number of esters is 1. The Labute approximate surface area is 340 Å². The number of carbonyl (C=O) groups excluding carboxylic acids is 5. The van der Waals surface area contributed by atoms with E-state index in [9.17, 15) is 29.2 Å². The molecule has 0 saturated heterocycles. The number of rotatable bonds is 21. The SMILES string of the molecule is C=CCOC(=O)c1ccc(NC(=O)c2ccc(NC(=O)c3ccc(NC(=O)[C@H](CC#N)CC(=O)c4ccc(N)cn4)cc3)c(OC)c2OCC=C)c(OC)c1OCC=C. The molecule has 16 nitrogen and oxygen atoms in total. The summed E-state index contributed by atoms with van der Waals surface area (Å²) in [6.07, 6.45) is 5.21. The maximum atomic E-state index is 13.8. The molecule has 4 rings (SSSR count). The number of hydrogen-bond acceptors (Lipinski definition) is 13. The number of pyridine rings is 1. The third-order valence-corrected chi connectivity index (χ3v) is 8.24. The summed E-state index contributed by atoms with van der Waals surface area (Å²) in [5.41, 5.74) is 7.00. The highest BCUT2D eigenvalue weighted by Crippen LogP contribution is 2.42. The Hall–Kier alpha value is -7.93. The number of benzene rings is 3. The first kappa shape index (κ1) is 43.8. The number of carbonyl (C=O) groups is 5. The summed E-state index contributed by atoms with van der Waals surface area (Å²) in [5, 5.41) is 17.5. The number of ether oxygens (including phenoxy) is 5. The fourth-order valence-corrected chi connectivity index (χ4v) is 5.45. The number of ketones is 1. The smallest absolute Gasteiger partial charge is 0.342 e. The molecule has 5 N–H and O–H groups in total. The van der Waals surface area contributed by atoms with Gasteiger partial charge in [-0.2, -0.15) is 5.26 Å². The Kier molecular flexibility index (Phi) is 15.9. The van der Waals surface area contributed by atoms with Crippen LogP contribution in [0.4, 0.5) is 22.7 Å². The summed E-state index contributed by atoms with van der Waals surface area (Å²) in [4.78, 5) is 69.8. The van der Waals surface area contributed by atoms with Gasteiger partial charge in [0.2, 0.25) is 5.91 Å². The van der Waals surface area contributed by atoms with Gasteiger partial charge in [0, 0.05) is 24.1 Å². The molecule has 4 aromatic rings. The third kappa shape index (κ3) is 11.3. The number of hydrogen-bond donors (Lipinski definition) is 4. The third-order valence-electron chi connectivity index (χ3n) is 8.24. The van der Waals surface area contributed by atoms with Crippen molar-refractivity contribution in [2.75, 3.05) is 55.7 Å². The van der Waals surface area contributed by atoms with Crippen LogP contribution < -0.4 is 40.6 Å². The van der Waals surface area contributed by atoms with E-state index < -0.39 is 35.4 Å². The molecule has 304 valence electrons. The van der Waals surface area contributed by atoms with Gasteiger partial charge >= 0.3 is 5.97 Å². The number of nitrogens with two attached hydrogens (primary N) is 1. The molecule has 0 fully saturated rings. The zero-order valence-corrected chi connectivity index (χ0v) is 32.4. The summed E-state index contributed by atoms with van der Waals surface area (Å²) in [6.45, 7) is 10.8. The highest BCUT2D eigenvalue weighted by molar-refractivity contribution is 6.10. The minimum atomic E-state index is -0.959. The average molecular weight is 803 g/mol. The molecule has 0 bridgehead atoms. The van der Waals surface area contributed by atoms with E-state index in [1.807, 2.05) is 6.07 Å². The van der Waals surface area contributed by atoms with Crippen LogP contribution >= 0.6 is 0 Å². The molecule has 3 amide bonds. The first-order valence-corrected chi connectivity index (χ1v) is 17.8. The molecule has 0 aliphatic rings. The molecule has 1 heterocycles. The maximum Gasteiger partial charge on any atom is 0.342 e. The summed E-state index contributed by atoms with van der Waals surface area (Å²) < 4.78 is 28.0. The van der Waals surface area contributed by atoms with Crippen LogP contribution in [-0.2, 0) is 9.53 Å². The van der Waals surface area contributed by atoms with Crippen LogP contribution in [0.1, 0.15) is 54.4 Å². The zero-order valence-electron chi connectivity index (χ0n) is 32.4. The molecule has 0 radical (unpaired) electrons. The Morgan fingerprint density at radius 1 is 0.746 bits per heavy atom. The zero-order chi connectivity index (χ0) is 42.9. The lowest BCUT2D eigenvalue weighted by Crippen LogP contribution is -2.25. The van der Waals surface area contributed by atoms with Crippen molar-refractivity contribution in [3.63, 3.8) is 0 Å². The molecule has 0 spiro atoms. The molecule has 1 aromatic heterocycles. The number of Topliss-reactive ketones (excluding diaryl/α,β-unsaturated/α-hetero) is 1. The van der Waals surface area contributed by atoms with E-state index in [2.05, 4.69) is 40.7 Å². The van der Waals surface area contributed by atoms with Crippen molar-refractivity contribution in [1.29, 1.82) is 5.26 Å². The van der Waals surface area contributed by atoms with Crippen molar-refractivity contribution < 1.29 is 47.7 Å². The summed E-state index contributed by atoms with van der Waals surface area (Å²) in [7, 11) is 2.67. The lowest BCUT2D eigenvalue weighted by atomic mass is 9.96. The number of amides is 3. The van der Waals surface area contributed by atoms with E-state index in [-0.39, 0.29) is 89.4 Å². The average Bonchev–Trinajstić information content (AvgIpc) is 3.24. The number of methoxy groups -OCH3 is 2. The lowest BCUT2D eigenvalue weighted by Gasteiger charge is -2.20. The number of aromatic nitrogens is 1. The number of nitrogen functional groups attached to an aromatic ring is 1. The summed E-state index contributed by atoms with van der Waals surface area (Å²) in [5.74, 6) is -3.84. The summed E-state index contributed by atoms with van der Waals surface area (Å²) in [6, 6.07) is 16.5. The molecule has 16 heteroatoms. The second kappa shape index (κ2) is 21.4. The van der Waals surface area contributed by atoms with E-state index >= 15 is 0 Å². The molecule has 1 atom stereocenters. The Balaban J connectivity index is 1.54. The molecular formula is C43H42N6O10. The second-order valence-corrected chi connectivity index (χ2v) is 12.3. The molecule has 0 aliphatic carbocycles. The van der Waals surface area contributed by atoms with Gasteiger partial charge in [-0.1, -0.05) is 38.0 Å². The first-order chi connectivity index (χ1) is 28.5. The second-order valence-electron chi connectivity index (χ2n) is 12.3. The first-order valence-electron chi connectivity index (χ1n) is 17.8. The number of anilines is 4. The van der Waals surface area contributed by atoms with Crippen molar-refractivity contribution in [3.05, 3.63) is 127 Å². The quantitative estimate of drug-likeness (QED) is 0.0407. The van der Waals surface area contributed by atoms with E-state index in [0.717, 1.165) is 0 Å². The van der Waals surface area contributed by atoms with Crippen LogP contribution in [-0.4, -0.2) is 68.5 Å². The maximum absolute atomic E-state index is 13.8. The van der Waals surface area contributed by atoms with Crippen LogP contribution in [0, 0.1) is 17.2 Å². The van der Waals surface area contributed by atoms with Crippen molar-refractivity contribution in [2.45, 2.75) is 12.8 Å². The molecule has 59 heavy (non-hydrogen) atoms. The minimum Gasteiger partial charge on any atom is -0.491 e. The molecule has 3 aromatic carbocycles. The van der Waals surface area contributed by atoms with Crippen molar-refractivity contribution in [2.24, 2.45) is 5.92 Å². The van der Waals surface area contributed by atoms with Gasteiger partial charge in [-0.05, 0) is 60.7 Å². The van der Waals surface area contributed by atoms with Gasteiger partial charge in [0.15, 0.2) is 28.8 Å². The lowest BCUT2D eigenvalue weighted by molar-refractivity contribution is -0.119. The topological polar surface area (TPSA) is 230 Å². The van der Waals surface area contributed by atoms with E-state index in [1.54, 1.807) is 0 Å². The van der Waals surface area contributed by atoms with Gasteiger partial charge in [0.25, 0.3) is 11.8 Å². The Morgan fingerprint density at radius 3 is 1.86 bits per heavy atom. The van der Waals surface area contributed by atoms with Crippen LogP contribution in [0.3, 0.4) is 0 Å². The van der Waals surface area contributed by atoms with Gasteiger partial charge in [-0.3, -0.25) is 24.2 Å². The van der Waals surface area contributed by atoms with E-state index in [1.165, 1.54) is 99.3 Å². The molecule has 0 saturated carbocycles. The standard InChI is InChI=1S/C43H42N6O10/c1-6-21-57-36-30(42(53)49-34-18-15-31(43(54)59-23-8-3)37(39(34)56-5)58-22-7-2)14-17-33(38(36)55-4)48-40(51)26-9-12-29(13-10-26)47-41(52)27(19-20-44)24-35(50)32-16-11-28(45)25-46-32/h6-18,25,27H,1-3,19,21-24,45H2,4-5H3,(H,47,52)(H,48,51)(H,49,53)/t27-/m1/s1. The van der Waals surface area contributed by atoms with Gasteiger partial charge < -0.3 is 45.4 Å². The number of nitrogens with zero attached hydrogens (tertiary/aromatic N) is 2. The highest BCUT2D eigenvalue weighted by atomic mass is 16.5. The molecule has 0 unspecified atom stereocenters. The minimum absolute atomic E-state index is 0.00741. The molecule has 0 aliphatic heterocycles. The normalized spacial score (nSPS) is 10.7. The van der Waals surface area contributed by atoms with Crippen molar-refractivity contribution in [1.82, 2.24) is 4.98 Å². The largest absolute Gasteiger partial charge is 0.491 e. The van der Waals surface area contributed by atoms with Crippen LogP contribution in [0.25, 0.3) is 0 Å². The Morgan fingerprint density at radius 2 is 1.32 bits per heavy atom. The van der Waals surface area contributed by atoms with Crippen LogP contribution in [0.5, 0.6) is 23.0 Å². The van der Waals surface area contributed by atoms with Gasteiger partial charge in [0.05, 0.1) is 55.0 Å². The fourth-order valence-electron chi connectivity index (χ4n) is 5.45.